The van der Waals surface area contributed by atoms with E-state index in [1.807, 2.05) is 6.26 Å². The Balaban J connectivity index is 0. The van der Waals surface area contributed by atoms with Gasteiger partial charge in [0.25, 0.3) is 0 Å². The van der Waals surface area contributed by atoms with Crippen LogP contribution in [0.1, 0.15) is 0 Å². The van der Waals surface area contributed by atoms with Crippen LogP contribution in [0.25, 0.3) is 0 Å². The van der Waals surface area contributed by atoms with Crippen LogP contribution in [-0.4, -0.2) is 10.6 Å². The number of thioether (sulfide) groups is 1. The summed E-state index contributed by atoms with van der Waals surface area (Å²) in [5, 5.41) is 0. The van der Waals surface area contributed by atoms with Crippen molar-refractivity contribution >= 4 is 28.3 Å². The molecule has 39 valence electrons. The summed E-state index contributed by atoms with van der Waals surface area (Å²) in [6.45, 7) is 0. The van der Waals surface area contributed by atoms with Crippen LogP contribution in [0.15, 0.2) is 0 Å². The summed E-state index contributed by atoms with van der Waals surface area (Å²) < 4.78 is 0.505. The Labute approximate surface area is 57.2 Å². The molecule has 6 heavy (non-hydrogen) atoms. The fourth-order valence-corrected chi connectivity index (χ4v) is 0. The van der Waals surface area contributed by atoms with Crippen molar-refractivity contribution in [1.29, 1.82) is 0 Å². The minimum Gasteiger partial charge on any atom is -0.385 e. The summed E-state index contributed by atoms with van der Waals surface area (Å²) >= 11 is 5.83. The molecule has 0 aliphatic rings. The van der Waals surface area contributed by atoms with Crippen LogP contribution in [-0.2, 0) is 16.8 Å². The van der Waals surface area contributed by atoms with Gasteiger partial charge in [-0.3, -0.25) is 0 Å². The zero-order chi connectivity index (χ0) is 4.28. The quantitative estimate of drug-likeness (QED) is 0.533. The predicted molar refractivity (Wildman–Crippen MR) is 30.3 cm³/mol. The van der Waals surface area contributed by atoms with Gasteiger partial charge in [0.05, 0.1) is 0 Å². The minimum absolute atomic E-state index is 0. The van der Waals surface area contributed by atoms with Crippen LogP contribution in [0, 0.1) is 0 Å². The largest absolute Gasteiger partial charge is 0.385 e. The minimum atomic E-state index is 0. The monoisotopic (exact) mass is 166 g/mol. The molecule has 1 nitrogen and oxygen atoms in total. The maximum absolute atomic E-state index is 4.99. The van der Waals surface area contributed by atoms with E-state index in [1.165, 1.54) is 11.8 Å². The molecule has 0 aliphatic carbocycles. The molecule has 0 amide bonds. The van der Waals surface area contributed by atoms with Gasteiger partial charge in [0, 0.05) is 16.8 Å². The van der Waals surface area contributed by atoms with Crippen molar-refractivity contribution in [3.8, 4) is 0 Å². The number of nitrogens with two attached hydrogens (primary N) is 1. The van der Waals surface area contributed by atoms with Gasteiger partial charge in [-0.15, -0.1) is 11.8 Å². The van der Waals surface area contributed by atoms with Crippen molar-refractivity contribution < 1.29 is 16.8 Å². The Morgan fingerprint density at radius 1 is 1.83 bits per heavy atom. The summed E-state index contributed by atoms with van der Waals surface area (Å²) in [6, 6.07) is 0. The smallest absolute Gasteiger partial charge is 0.130 e. The molecule has 0 saturated carbocycles. The first-order chi connectivity index (χ1) is 2.27. The fraction of sp³-hybridized carbons (Fsp3) is 0.500. The number of hydrogen-bond donors (Lipinski definition) is 1. The molecule has 0 bridgehead atoms. The Bertz CT molecular complexity index is 46.8. The molecular formula is C2H5CoNS2. The topological polar surface area (TPSA) is 26.0 Å². The molecule has 0 fully saturated rings. The number of hydrogen-bond acceptors (Lipinski definition) is 2. The molecule has 0 aliphatic heterocycles. The Morgan fingerprint density at radius 2 is 2.00 bits per heavy atom. The maximum atomic E-state index is 4.99. The van der Waals surface area contributed by atoms with E-state index in [2.05, 4.69) is 12.2 Å². The zero-order valence-corrected chi connectivity index (χ0v) is 5.90. The van der Waals surface area contributed by atoms with Gasteiger partial charge in [-0.25, -0.2) is 0 Å². The molecule has 0 aromatic rings. The van der Waals surface area contributed by atoms with E-state index in [9.17, 15) is 0 Å². The summed E-state index contributed by atoms with van der Waals surface area (Å²) in [5.41, 5.74) is 4.99. The van der Waals surface area contributed by atoms with E-state index >= 15 is 0 Å². The van der Waals surface area contributed by atoms with Gasteiger partial charge in [0.2, 0.25) is 0 Å². The van der Waals surface area contributed by atoms with Crippen LogP contribution >= 0.6 is 24.0 Å². The van der Waals surface area contributed by atoms with Crippen molar-refractivity contribution in [2.75, 3.05) is 6.26 Å². The molecular weight excluding hydrogens is 161 g/mol. The predicted octanol–water partition coefficient (Wildman–Crippen LogP) is 0.591. The third-order valence-corrected chi connectivity index (χ3v) is 1.10. The van der Waals surface area contributed by atoms with E-state index in [0.717, 1.165) is 0 Å². The van der Waals surface area contributed by atoms with Crippen LogP contribution in [0.2, 0.25) is 0 Å². The Morgan fingerprint density at radius 3 is 2.00 bits per heavy atom. The summed E-state index contributed by atoms with van der Waals surface area (Å²) in [7, 11) is 0. The zero-order valence-electron chi connectivity index (χ0n) is 3.23. The average Bonchev–Trinajstić information content (AvgIpc) is 1.38. The SMILES string of the molecule is CSC(N)=S.[Co]. The van der Waals surface area contributed by atoms with E-state index in [4.69, 9.17) is 5.73 Å². The van der Waals surface area contributed by atoms with Crippen LogP contribution in [0.4, 0.5) is 0 Å². The molecule has 0 heterocycles. The molecule has 0 aromatic heterocycles. The molecule has 0 spiro atoms. The van der Waals surface area contributed by atoms with Gasteiger partial charge in [-0.05, 0) is 6.26 Å². The normalized spacial score (nSPS) is 6.17. The average molecular weight is 166 g/mol. The second kappa shape index (κ2) is 5.75. The van der Waals surface area contributed by atoms with Crippen LogP contribution in [0.5, 0.6) is 0 Å². The summed E-state index contributed by atoms with van der Waals surface area (Å²) in [6.07, 6.45) is 1.85. The van der Waals surface area contributed by atoms with Gasteiger partial charge in [0.15, 0.2) is 0 Å². The van der Waals surface area contributed by atoms with Crippen molar-refractivity contribution in [3.05, 3.63) is 0 Å². The maximum Gasteiger partial charge on any atom is 0.130 e. The third-order valence-electron chi connectivity index (χ3n) is 0.201. The van der Waals surface area contributed by atoms with E-state index in [1.54, 1.807) is 0 Å². The van der Waals surface area contributed by atoms with E-state index < -0.39 is 0 Å². The van der Waals surface area contributed by atoms with Crippen molar-refractivity contribution in [1.82, 2.24) is 0 Å². The van der Waals surface area contributed by atoms with Gasteiger partial charge < -0.3 is 5.73 Å². The summed E-state index contributed by atoms with van der Waals surface area (Å²) in [5.74, 6) is 0. The first-order valence-electron chi connectivity index (χ1n) is 1.11. The molecule has 1 radical (unpaired) electrons. The number of rotatable bonds is 0. The molecule has 2 N–H and O–H groups in total. The van der Waals surface area contributed by atoms with Crippen LogP contribution in [0.3, 0.4) is 0 Å². The first-order valence-corrected chi connectivity index (χ1v) is 2.74. The van der Waals surface area contributed by atoms with Crippen molar-refractivity contribution in [3.63, 3.8) is 0 Å². The van der Waals surface area contributed by atoms with Gasteiger partial charge in [0.1, 0.15) is 4.32 Å². The summed E-state index contributed by atoms with van der Waals surface area (Å²) in [4.78, 5) is 0. The third kappa shape index (κ3) is 8.83. The molecule has 0 saturated heterocycles. The van der Waals surface area contributed by atoms with Crippen molar-refractivity contribution in [2.24, 2.45) is 5.73 Å². The van der Waals surface area contributed by atoms with Gasteiger partial charge in [-0.1, -0.05) is 12.2 Å². The molecule has 0 rings (SSSR count). The molecule has 0 atom stereocenters. The first kappa shape index (κ1) is 9.89. The second-order valence-electron chi connectivity index (χ2n) is 0.523. The molecule has 0 unspecified atom stereocenters. The second-order valence-corrected chi connectivity index (χ2v) is 2.07. The molecule has 4 heteroatoms. The Hall–Kier alpha value is 0.746. The van der Waals surface area contributed by atoms with Gasteiger partial charge in [-0.2, -0.15) is 0 Å². The Kier molecular flexibility index (Phi) is 9.47. The van der Waals surface area contributed by atoms with Gasteiger partial charge >= 0.3 is 0 Å². The van der Waals surface area contributed by atoms with Crippen molar-refractivity contribution in [2.45, 2.75) is 0 Å². The van der Waals surface area contributed by atoms with Crippen LogP contribution < -0.4 is 5.73 Å². The van der Waals surface area contributed by atoms with E-state index in [-0.39, 0.29) is 16.8 Å². The number of thiocarbonyl (C=S) groups is 1. The van der Waals surface area contributed by atoms with E-state index in [0.29, 0.717) is 4.32 Å². The molecule has 0 aromatic carbocycles. The fourth-order valence-electron chi connectivity index (χ4n) is 0. The standard InChI is InChI=1S/C2H5NS2.Co/c1-5-2(3)4;/h1H3,(H2,3,4);.